The Morgan fingerprint density at radius 3 is 2.09 bits per heavy atom. The van der Waals surface area contributed by atoms with Gasteiger partial charge in [0.25, 0.3) is 0 Å². The van der Waals surface area contributed by atoms with Crippen LogP contribution in [0.1, 0.15) is 20.8 Å². The molecule has 0 N–H and O–H groups in total. The van der Waals surface area contributed by atoms with Crippen LogP contribution < -0.4 is 0 Å². The lowest BCUT2D eigenvalue weighted by molar-refractivity contribution is 0.337. The number of nitrogens with zero attached hydrogens (tertiary/aromatic N) is 1. The van der Waals surface area contributed by atoms with E-state index in [1.807, 2.05) is 13.0 Å². The fourth-order valence-electron chi connectivity index (χ4n) is 0.737. The summed E-state index contributed by atoms with van der Waals surface area (Å²) < 4.78 is 0. The van der Waals surface area contributed by atoms with E-state index in [0.717, 1.165) is 24.7 Å². The Morgan fingerprint density at radius 1 is 1.36 bits per heavy atom. The molecule has 11 heavy (non-hydrogen) atoms. The zero-order chi connectivity index (χ0) is 7.98. The predicted molar refractivity (Wildman–Crippen MR) is 54.6 cm³/mol. The van der Waals surface area contributed by atoms with Crippen molar-refractivity contribution in [2.24, 2.45) is 0 Å². The smallest absolute Gasteiger partial charge is 0.0177 e. The van der Waals surface area contributed by atoms with E-state index in [4.69, 9.17) is 11.6 Å². The molecule has 0 atom stereocenters. The van der Waals surface area contributed by atoms with Crippen LogP contribution in [-0.4, -0.2) is 24.5 Å². The number of hydrogen-bond acceptors (Lipinski definition) is 1. The Morgan fingerprint density at radius 2 is 1.82 bits per heavy atom. The third kappa shape index (κ3) is 8.18. The average molecular weight is 198 g/mol. The van der Waals surface area contributed by atoms with Crippen molar-refractivity contribution in [2.45, 2.75) is 20.8 Å². The zero-order valence-electron chi connectivity index (χ0n) is 7.43. The van der Waals surface area contributed by atoms with Gasteiger partial charge in [0, 0.05) is 11.6 Å². The minimum Gasteiger partial charge on any atom is -0.300 e. The maximum absolute atomic E-state index is 5.67. The molecule has 0 aromatic carbocycles. The molecule has 0 bridgehead atoms. The van der Waals surface area contributed by atoms with Gasteiger partial charge in [-0.15, -0.1) is 12.4 Å². The van der Waals surface area contributed by atoms with Crippen molar-refractivity contribution >= 4 is 24.0 Å². The maximum atomic E-state index is 5.67. The first kappa shape index (κ1) is 13.8. The molecule has 3 heteroatoms. The van der Waals surface area contributed by atoms with Crippen LogP contribution >= 0.6 is 24.0 Å². The van der Waals surface area contributed by atoms with E-state index in [2.05, 4.69) is 18.7 Å². The number of likely N-dealkylation sites (N-methyl/N-ethyl adjacent to an activating group) is 1. The molecule has 0 amide bonds. The standard InChI is InChI=1S/C8H16ClN.ClH/c1-4-10(5-2)7-6-8(3)9;/h6H,4-5,7H2,1-3H3;1H/b8-6-;. The fraction of sp³-hybridized carbons (Fsp3) is 0.750. The van der Waals surface area contributed by atoms with Crippen molar-refractivity contribution in [3.8, 4) is 0 Å². The highest BCUT2D eigenvalue weighted by molar-refractivity contribution is 6.29. The zero-order valence-corrected chi connectivity index (χ0v) is 9.00. The molecule has 0 saturated heterocycles. The van der Waals surface area contributed by atoms with E-state index in [1.165, 1.54) is 0 Å². The number of rotatable bonds is 4. The Bertz CT molecular complexity index is 105. The van der Waals surface area contributed by atoms with Crippen molar-refractivity contribution in [3.05, 3.63) is 11.1 Å². The Kier molecular flexibility index (Phi) is 10.5. The van der Waals surface area contributed by atoms with Crippen LogP contribution in [0, 0.1) is 0 Å². The van der Waals surface area contributed by atoms with Gasteiger partial charge in [0.15, 0.2) is 0 Å². The summed E-state index contributed by atoms with van der Waals surface area (Å²) in [6.45, 7) is 9.38. The largest absolute Gasteiger partial charge is 0.300 e. The summed E-state index contributed by atoms with van der Waals surface area (Å²) in [5, 5.41) is 0.881. The van der Waals surface area contributed by atoms with Crippen LogP contribution in [-0.2, 0) is 0 Å². The number of allylic oxidation sites excluding steroid dienone is 1. The van der Waals surface area contributed by atoms with Gasteiger partial charge in [-0.05, 0) is 20.0 Å². The van der Waals surface area contributed by atoms with Crippen LogP contribution in [0.3, 0.4) is 0 Å². The summed E-state index contributed by atoms with van der Waals surface area (Å²) in [5.41, 5.74) is 0. The molecule has 0 aliphatic carbocycles. The lowest BCUT2D eigenvalue weighted by Gasteiger charge is -2.14. The summed E-state index contributed by atoms with van der Waals surface area (Å²) in [7, 11) is 0. The van der Waals surface area contributed by atoms with Gasteiger partial charge in [0.2, 0.25) is 0 Å². The van der Waals surface area contributed by atoms with E-state index in [9.17, 15) is 0 Å². The molecule has 0 rings (SSSR count). The van der Waals surface area contributed by atoms with Gasteiger partial charge in [0.1, 0.15) is 0 Å². The van der Waals surface area contributed by atoms with Crippen LogP contribution in [0.15, 0.2) is 11.1 Å². The second kappa shape index (κ2) is 8.38. The second-order valence-electron chi connectivity index (χ2n) is 2.28. The molecule has 0 saturated carbocycles. The number of hydrogen-bond donors (Lipinski definition) is 0. The predicted octanol–water partition coefficient (Wildman–Crippen LogP) is 2.89. The molecule has 68 valence electrons. The summed E-state index contributed by atoms with van der Waals surface area (Å²) >= 11 is 5.67. The Labute approximate surface area is 80.8 Å². The van der Waals surface area contributed by atoms with Crippen LogP contribution in [0.4, 0.5) is 0 Å². The van der Waals surface area contributed by atoms with Crippen molar-refractivity contribution in [3.63, 3.8) is 0 Å². The fourth-order valence-corrected chi connectivity index (χ4v) is 0.806. The van der Waals surface area contributed by atoms with Gasteiger partial charge in [-0.25, -0.2) is 0 Å². The van der Waals surface area contributed by atoms with E-state index in [-0.39, 0.29) is 12.4 Å². The monoisotopic (exact) mass is 197 g/mol. The van der Waals surface area contributed by atoms with Crippen LogP contribution in [0.2, 0.25) is 0 Å². The molecule has 0 radical (unpaired) electrons. The molecule has 0 aromatic heterocycles. The first-order valence-corrected chi connectivity index (χ1v) is 4.13. The van der Waals surface area contributed by atoms with Crippen LogP contribution in [0.25, 0.3) is 0 Å². The first-order valence-electron chi connectivity index (χ1n) is 3.75. The summed E-state index contributed by atoms with van der Waals surface area (Å²) in [6.07, 6.45) is 2.04. The Balaban J connectivity index is 0. The second-order valence-corrected chi connectivity index (χ2v) is 2.87. The molecule has 0 heterocycles. The lowest BCUT2D eigenvalue weighted by Crippen LogP contribution is -2.22. The molecule has 0 aromatic rings. The Hall–Kier alpha value is 0.280. The highest BCUT2D eigenvalue weighted by Crippen LogP contribution is 1.98. The minimum absolute atomic E-state index is 0. The van der Waals surface area contributed by atoms with Crippen molar-refractivity contribution in [1.82, 2.24) is 4.90 Å². The normalized spacial score (nSPS) is 11.5. The van der Waals surface area contributed by atoms with Gasteiger partial charge in [-0.3, -0.25) is 0 Å². The quantitative estimate of drug-likeness (QED) is 0.671. The molecule has 1 nitrogen and oxygen atoms in total. The number of halogens is 2. The van der Waals surface area contributed by atoms with Crippen LogP contribution in [0.5, 0.6) is 0 Å². The average Bonchev–Trinajstić information content (AvgIpc) is 1.90. The molecule has 0 aliphatic heterocycles. The molecule has 0 unspecified atom stereocenters. The third-order valence-electron chi connectivity index (χ3n) is 1.53. The van der Waals surface area contributed by atoms with E-state index < -0.39 is 0 Å². The molecular formula is C8H17Cl2N. The maximum Gasteiger partial charge on any atom is 0.0177 e. The van der Waals surface area contributed by atoms with Gasteiger partial charge in [-0.2, -0.15) is 0 Å². The molecular weight excluding hydrogens is 181 g/mol. The van der Waals surface area contributed by atoms with Crippen molar-refractivity contribution < 1.29 is 0 Å². The van der Waals surface area contributed by atoms with Gasteiger partial charge in [-0.1, -0.05) is 31.5 Å². The van der Waals surface area contributed by atoms with Crippen molar-refractivity contribution in [2.75, 3.05) is 19.6 Å². The van der Waals surface area contributed by atoms with Gasteiger partial charge in [0.05, 0.1) is 0 Å². The minimum atomic E-state index is 0. The SMILES string of the molecule is CCN(CC)C/C=C(/C)Cl.Cl. The van der Waals surface area contributed by atoms with Gasteiger partial charge < -0.3 is 4.90 Å². The molecule has 0 aliphatic rings. The highest BCUT2D eigenvalue weighted by Gasteiger charge is 1.93. The third-order valence-corrected chi connectivity index (χ3v) is 1.68. The summed E-state index contributed by atoms with van der Waals surface area (Å²) in [6, 6.07) is 0. The van der Waals surface area contributed by atoms with Gasteiger partial charge >= 0.3 is 0 Å². The molecule has 0 spiro atoms. The first-order chi connectivity index (χ1) is 4.70. The molecule has 0 fully saturated rings. The van der Waals surface area contributed by atoms with E-state index in [1.54, 1.807) is 0 Å². The topological polar surface area (TPSA) is 3.24 Å². The summed E-state index contributed by atoms with van der Waals surface area (Å²) in [5.74, 6) is 0. The van der Waals surface area contributed by atoms with E-state index >= 15 is 0 Å². The summed E-state index contributed by atoms with van der Waals surface area (Å²) in [4.78, 5) is 2.31. The van der Waals surface area contributed by atoms with Crippen molar-refractivity contribution in [1.29, 1.82) is 0 Å². The lowest BCUT2D eigenvalue weighted by atomic mass is 10.4. The highest BCUT2D eigenvalue weighted by atomic mass is 35.5. The van der Waals surface area contributed by atoms with E-state index in [0.29, 0.717) is 0 Å².